The zero-order valence-electron chi connectivity index (χ0n) is 13.2. The highest BCUT2D eigenvalue weighted by Crippen LogP contribution is 2.30. The fourth-order valence-corrected chi connectivity index (χ4v) is 3.03. The van der Waals surface area contributed by atoms with Gasteiger partial charge in [0, 0.05) is 16.1 Å². The van der Waals surface area contributed by atoms with Crippen LogP contribution in [0.5, 0.6) is 0 Å². The molecule has 3 rings (SSSR count). The summed E-state index contributed by atoms with van der Waals surface area (Å²) in [5.41, 5.74) is 3.52. The molecule has 0 saturated heterocycles. The van der Waals surface area contributed by atoms with Crippen molar-refractivity contribution in [2.75, 3.05) is 5.32 Å². The van der Waals surface area contributed by atoms with E-state index in [-0.39, 0.29) is 5.91 Å². The van der Waals surface area contributed by atoms with Gasteiger partial charge < -0.3 is 9.73 Å². The number of amides is 1. The quantitative estimate of drug-likeness (QED) is 0.691. The average Bonchev–Trinajstić information content (AvgIpc) is 2.99. The molecule has 0 aliphatic heterocycles. The number of carbonyl (C=O) groups excluding carboxylic acids is 1. The number of furan rings is 1. The van der Waals surface area contributed by atoms with Crippen molar-refractivity contribution in [2.24, 2.45) is 0 Å². The van der Waals surface area contributed by atoms with Crippen molar-refractivity contribution in [3.05, 3.63) is 64.4 Å². The van der Waals surface area contributed by atoms with E-state index in [1.165, 1.54) is 0 Å². The molecular weight excluding hydrogens is 310 g/mol. The van der Waals surface area contributed by atoms with Gasteiger partial charge in [-0.1, -0.05) is 49.7 Å². The molecule has 0 atom stereocenters. The molecule has 4 heteroatoms. The van der Waals surface area contributed by atoms with Crippen molar-refractivity contribution in [2.45, 2.75) is 26.7 Å². The maximum absolute atomic E-state index is 12.6. The molecule has 0 unspecified atom stereocenters. The minimum atomic E-state index is -0.257. The Morgan fingerprint density at radius 3 is 2.61 bits per heavy atom. The molecule has 23 heavy (non-hydrogen) atoms. The van der Waals surface area contributed by atoms with Gasteiger partial charge in [-0.3, -0.25) is 4.79 Å². The molecular formula is C19H18ClNO2. The minimum absolute atomic E-state index is 0.257. The van der Waals surface area contributed by atoms with Crippen LogP contribution >= 0.6 is 11.6 Å². The molecule has 1 aromatic heterocycles. The second kappa shape index (κ2) is 6.47. The Labute approximate surface area is 140 Å². The van der Waals surface area contributed by atoms with Crippen LogP contribution in [-0.2, 0) is 12.8 Å². The standard InChI is InChI=1S/C19H18ClNO2/c1-3-12-9-10-15(20)14(4-2)18(12)21-19(22)17-11-13-7-5-6-8-16(13)23-17/h5-11H,3-4H2,1-2H3,(H,21,22). The lowest BCUT2D eigenvalue weighted by Gasteiger charge is -2.15. The van der Waals surface area contributed by atoms with Crippen molar-refractivity contribution in [1.29, 1.82) is 0 Å². The van der Waals surface area contributed by atoms with Crippen LogP contribution in [0.1, 0.15) is 35.5 Å². The highest BCUT2D eigenvalue weighted by atomic mass is 35.5. The third kappa shape index (κ3) is 2.97. The normalized spacial score (nSPS) is 10.9. The Morgan fingerprint density at radius 2 is 1.91 bits per heavy atom. The Bertz CT molecular complexity index is 834. The number of para-hydroxylation sites is 1. The number of aryl methyl sites for hydroxylation is 1. The van der Waals surface area contributed by atoms with Crippen LogP contribution in [0.25, 0.3) is 11.0 Å². The molecule has 3 aromatic rings. The summed E-state index contributed by atoms with van der Waals surface area (Å²) < 4.78 is 5.63. The molecule has 0 aliphatic rings. The third-order valence-electron chi connectivity index (χ3n) is 3.96. The van der Waals surface area contributed by atoms with Crippen molar-refractivity contribution < 1.29 is 9.21 Å². The number of anilines is 1. The first-order valence-corrected chi connectivity index (χ1v) is 8.12. The summed E-state index contributed by atoms with van der Waals surface area (Å²) in [6, 6.07) is 13.2. The number of carbonyl (C=O) groups is 1. The van der Waals surface area contributed by atoms with Crippen molar-refractivity contribution in [3.63, 3.8) is 0 Å². The predicted octanol–water partition coefficient (Wildman–Crippen LogP) is 5.46. The summed E-state index contributed by atoms with van der Waals surface area (Å²) in [7, 11) is 0. The first kappa shape index (κ1) is 15.6. The largest absolute Gasteiger partial charge is 0.451 e. The maximum atomic E-state index is 12.6. The highest BCUT2D eigenvalue weighted by Gasteiger charge is 2.17. The summed E-state index contributed by atoms with van der Waals surface area (Å²) in [5, 5.41) is 4.57. The molecule has 0 bridgehead atoms. The van der Waals surface area contributed by atoms with Gasteiger partial charge in [0.1, 0.15) is 5.58 Å². The number of fused-ring (bicyclic) bond motifs is 1. The first-order valence-electron chi connectivity index (χ1n) is 7.74. The fourth-order valence-electron chi connectivity index (χ4n) is 2.74. The number of benzene rings is 2. The fraction of sp³-hybridized carbons (Fsp3) is 0.211. The van der Waals surface area contributed by atoms with Gasteiger partial charge >= 0.3 is 0 Å². The van der Waals surface area contributed by atoms with E-state index in [1.807, 2.05) is 43.3 Å². The summed E-state index contributed by atoms with van der Waals surface area (Å²) in [4.78, 5) is 12.6. The van der Waals surface area contributed by atoms with Gasteiger partial charge in [0.25, 0.3) is 5.91 Å². The lowest BCUT2D eigenvalue weighted by atomic mass is 10.0. The molecule has 1 amide bonds. The second-order valence-electron chi connectivity index (χ2n) is 5.37. The molecule has 2 aromatic carbocycles. The maximum Gasteiger partial charge on any atom is 0.291 e. The van der Waals surface area contributed by atoms with Gasteiger partial charge in [-0.05, 0) is 42.2 Å². The number of halogens is 1. The lowest BCUT2D eigenvalue weighted by molar-refractivity contribution is 0.0998. The summed E-state index contributed by atoms with van der Waals surface area (Å²) in [6.07, 6.45) is 1.57. The van der Waals surface area contributed by atoms with Gasteiger partial charge in [0.2, 0.25) is 0 Å². The van der Waals surface area contributed by atoms with E-state index >= 15 is 0 Å². The molecule has 1 heterocycles. The van der Waals surface area contributed by atoms with E-state index in [0.29, 0.717) is 16.4 Å². The average molecular weight is 328 g/mol. The van der Waals surface area contributed by atoms with Crippen LogP contribution in [0.3, 0.4) is 0 Å². The van der Waals surface area contributed by atoms with E-state index in [1.54, 1.807) is 6.07 Å². The van der Waals surface area contributed by atoms with E-state index < -0.39 is 0 Å². The smallest absolute Gasteiger partial charge is 0.291 e. The Hall–Kier alpha value is -2.26. The van der Waals surface area contributed by atoms with E-state index in [9.17, 15) is 4.79 Å². The van der Waals surface area contributed by atoms with Gasteiger partial charge in [-0.25, -0.2) is 0 Å². The third-order valence-corrected chi connectivity index (χ3v) is 4.32. The van der Waals surface area contributed by atoms with Gasteiger partial charge in [0.05, 0.1) is 0 Å². The highest BCUT2D eigenvalue weighted by molar-refractivity contribution is 6.32. The number of rotatable bonds is 4. The van der Waals surface area contributed by atoms with Crippen LogP contribution in [0, 0.1) is 0 Å². The van der Waals surface area contributed by atoms with E-state index in [2.05, 4.69) is 12.2 Å². The van der Waals surface area contributed by atoms with Crippen LogP contribution in [-0.4, -0.2) is 5.91 Å². The topological polar surface area (TPSA) is 42.2 Å². The zero-order valence-corrected chi connectivity index (χ0v) is 13.9. The molecule has 0 spiro atoms. The Balaban J connectivity index is 1.98. The molecule has 0 aliphatic carbocycles. The molecule has 0 fully saturated rings. The minimum Gasteiger partial charge on any atom is -0.451 e. The number of hydrogen-bond acceptors (Lipinski definition) is 2. The summed E-state index contributed by atoms with van der Waals surface area (Å²) in [5.74, 6) is 0.0446. The Morgan fingerprint density at radius 1 is 1.13 bits per heavy atom. The summed E-state index contributed by atoms with van der Waals surface area (Å²) >= 11 is 6.28. The van der Waals surface area contributed by atoms with Crippen LogP contribution in [0.4, 0.5) is 5.69 Å². The van der Waals surface area contributed by atoms with Gasteiger partial charge in [-0.2, -0.15) is 0 Å². The van der Waals surface area contributed by atoms with Crippen molar-refractivity contribution in [3.8, 4) is 0 Å². The number of nitrogens with one attached hydrogen (secondary N) is 1. The molecule has 3 nitrogen and oxygen atoms in total. The van der Waals surface area contributed by atoms with Gasteiger partial charge in [-0.15, -0.1) is 0 Å². The van der Waals surface area contributed by atoms with E-state index in [0.717, 1.165) is 35.0 Å². The predicted molar refractivity (Wildman–Crippen MR) is 94.4 cm³/mol. The van der Waals surface area contributed by atoms with Crippen molar-refractivity contribution >= 4 is 34.2 Å². The monoisotopic (exact) mass is 327 g/mol. The Kier molecular flexibility index (Phi) is 4.39. The van der Waals surface area contributed by atoms with Crippen LogP contribution in [0.15, 0.2) is 46.9 Å². The van der Waals surface area contributed by atoms with E-state index in [4.69, 9.17) is 16.0 Å². The second-order valence-corrected chi connectivity index (χ2v) is 5.78. The van der Waals surface area contributed by atoms with Crippen LogP contribution < -0.4 is 5.32 Å². The number of hydrogen-bond donors (Lipinski definition) is 1. The molecule has 118 valence electrons. The van der Waals surface area contributed by atoms with Gasteiger partial charge in [0.15, 0.2) is 5.76 Å². The van der Waals surface area contributed by atoms with Crippen molar-refractivity contribution in [1.82, 2.24) is 0 Å². The lowest BCUT2D eigenvalue weighted by Crippen LogP contribution is -2.14. The van der Waals surface area contributed by atoms with Crippen LogP contribution in [0.2, 0.25) is 5.02 Å². The summed E-state index contributed by atoms with van der Waals surface area (Å²) in [6.45, 7) is 4.08. The first-order chi connectivity index (χ1) is 11.1. The molecule has 0 saturated carbocycles. The SMILES string of the molecule is CCc1ccc(Cl)c(CC)c1NC(=O)c1cc2ccccc2o1. The molecule has 1 N–H and O–H groups in total. The molecule has 0 radical (unpaired) electrons. The zero-order chi connectivity index (χ0) is 16.4.